The largest absolute Gasteiger partial charge is 0.346 e. The highest BCUT2D eigenvalue weighted by molar-refractivity contribution is 7.79. The molecule has 1 fully saturated rings. The van der Waals surface area contributed by atoms with E-state index in [1.165, 1.54) is 15.7 Å². The van der Waals surface area contributed by atoms with Crippen molar-refractivity contribution in [3.05, 3.63) is 10.6 Å². The number of thiol groups is 1. The van der Waals surface area contributed by atoms with E-state index in [2.05, 4.69) is 43.3 Å². The van der Waals surface area contributed by atoms with E-state index in [0.717, 1.165) is 31.9 Å². The van der Waals surface area contributed by atoms with Crippen LogP contribution in [0.4, 0.5) is 5.13 Å². The first-order chi connectivity index (χ1) is 8.11. The minimum Gasteiger partial charge on any atom is -0.346 e. The molecule has 0 N–H and O–H groups in total. The molecular weight excluding hydrogens is 250 g/mol. The van der Waals surface area contributed by atoms with Crippen molar-refractivity contribution in [2.24, 2.45) is 0 Å². The lowest BCUT2D eigenvalue weighted by molar-refractivity contribution is 0.312. The standard InChI is InChI=1S/C12H21N3S2/c1-9(2)11-10(8-16)17-12(13-11)15-6-4-14(3)5-7-15/h9,16H,4-8H2,1-3H3. The molecule has 0 radical (unpaired) electrons. The lowest BCUT2D eigenvalue weighted by Crippen LogP contribution is -2.44. The summed E-state index contributed by atoms with van der Waals surface area (Å²) < 4.78 is 0. The summed E-state index contributed by atoms with van der Waals surface area (Å²) >= 11 is 6.23. The third-order valence-corrected chi connectivity index (χ3v) is 4.84. The van der Waals surface area contributed by atoms with E-state index in [0.29, 0.717) is 5.92 Å². The lowest BCUT2D eigenvalue weighted by Gasteiger charge is -2.32. The Morgan fingerprint density at radius 3 is 2.41 bits per heavy atom. The molecule has 0 spiro atoms. The third-order valence-electron chi connectivity index (χ3n) is 3.18. The molecule has 3 nitrogen and oxygen atoms in total. The van der Waals surface area contributed by atoms with E-state index >= 15 is 0 Å². The van der Waals surface area contributed by atoms with Crippen LogP contribution in [0.3, 0.4) is 0 Å². The van der Waals surface area contributed by atoms with Gasteiger partial charge in [-0.15, -0.1) is 11.3 Å². The van der Waals surface area contributed by atoms with Gasteiger partial charge in [0, 0.05) is 36.8 Å². The Kier molecular flexibility index (Phi) is 4.33. The molecule has 0 bridgehead atoms. The number of anilines is 1. The number of nitrogens with zero attached hydrogens (tertiary/aromatic N) is 3. The molecule has 1 saturated heterocycles. The zero-order valence-corrected chi connectivity index (χ0v) is 12.5. The van der Waals surface area contributed by atoms with E-state index in [4.69, 9.17) is 4.98 Å². The smallest absolute Gasteiger partial charge is 0.185 e. The van der Waals surface area contributed by atoms with Crippen molar-refractivity contribution in [3.63, 3.8) is 0 Å². The van der Waals surface area contributed by atoms with Crippen LogP contribution in [0, 0.1) is 0 Å². The zero-order valence-electron chi connectivity index (χ0n) is 10.8. The quantitative estimate of drug-likeness (QED) is 0.852. The number of likely N-dealkylation sites (N-methyl/N-ethyl adjacent to an activating group) is 1. The van der Waals surface area contributed by atoms with Gasteiger partial charge in [0.25, 0.3) is 0 Å². The molecule has 2 rings (SSSR count). The minimum atomic E-state index is 0.495. The summed E-state index contributed by atoms with van der Waals surface area (Å²) in [6.45, 7) is 8.85. The first kappa shape index (κ1) is 13.2. The Morgan fingerprint density at radius 2 is 1.94 bits per heavy atom. The van der Waals surface area contributed by atoms with E-state index in [9.17, 15) is 0 Å². The van der Waals surface area contributed by atoms with Gasteiger partial charge in [-0.1, -0.05) is 13.8 Å². The molecule has 0 atom stereocenters. The number of aromatic nitrogens is 1. The molecule has 0 aromatic carbocycles. The summed E-state index contributed by atoms with van der Waals surface area (Å²) in [6.07, 6.45) is 0. The van der Waals surface area contributed by atoms with Gasteiger partial charge in [-0.25, -0.2) is 4.98 Å². The molecule has 1 aliphatic heterocycles. The number of hydrogen-bond donors (Lipinski definition) is 1. The van der Waals surface area contributed by atoms with Gasteiger partial charge in [-0.3, -0.25) is 0 Å². The van der Waals surface area contributed by atoms with Crippen LogP contribution in [0.1, 0.15) is 30.3 Å². The van der Waals surface area contributed by atoms with Crippen molar-refractivity contribution in [1.29, 1.82) is 0 Å². The van der Waals surface area contributed by atoms with E-state index < -0.39 is 0 Å². The van der Waals surface area contributed by atoms with Crippen molar-refractivity contribution in [2.75, 3.05) is 38.1 Å². The Morgan fingerprint density at radius 1 is 1.29 bits per heavy atom. The van der Waals surface area contributed by atoms with Crippen LogP contribution >= 0.6 is 24.0 Å². The molecule has 0 aliphatic carbocycles. The Labute approximate surface area is 113 Å². The van der Waals surface area contributed by atoms with Crippen molar-refractivity contribution >= 4 is 29.1 Å². The van der Waals surface area contributed by atoms with Gasteiger partial charge in [0.2, 0.25) is 0 Å². The highest BCUT2D eigenvalue weighted by atomic mass is 32.1. The Balaban J connectivity index is 2.16. The second kappa shape index (κ2) is 5.59. The van der Waals surface area contributed by atoms with Crippen LogP contribution in [0.5, 0.6) is 0 Å². The normalized spacial score (nSPS) is 18.1. The van der Waals surface area contributed by atoms with Crippen molar-refractivity contribution in [3.8, 4) is 0 Å². The fourth-order valence-corrected chi connectivity index (χ4v) is 3.53. The van der Waals surface area contributed by atoms with Crippen molar-refractivity contribution in [1.82, 2.24) is 9.88 Å². The van der Waals surface area contributed by atoms with Gasteiger partial charge in [-0.2, -0.15) is 12.6 Å². The van der Waals surface area contributed by atoms with Crippen LogP contribution < -0.4 is 4.90 Å². The first-order valence-electron chi connectivity index (χ1n) is 6.15. The van der Waals surface area contributed by atoms with Crippen LogP contribution in [0.15, 0.2) is 0 Å². The average Bonchev–Trinajstić information content (AvgIpc) is 2.74. The van der Waals surface area contributed by atoms with E-state index in [-0.39, 0.29) is 0 Å². The van der Waals surface area contributed by atoms with Crippen LogP contribution in [-0.2, 0) is 5.75 Å². The molecule has 1 aromatic heterocycles. The lowest BCUT2D eigenvalue weighted by atomic mass is 10.1. The number of piperazine rings is 1. The predicted molar refractivity (Wildman–Crippen MR) is 78.6 cm³/mol. The first-order valence-corrected chi connectivity index (χ1v) is 7.60. The summed E-state index contributed by atoms with van der Waals surface area (Å²) in [7, 11) is 2.18. The third kappa shape index (κ3) is 2.95. The van der Waals surface area contributed by atoms with Crippen molar-refractivity contribution in [2.45, 2.75) is 25.5 Å². The van der Waals surface area contributed by atoms with Gasteiger partial charge < -0.3 is 9.80 Å². The molecule has 17 heavy (non-hydrogen) atoms. The topological polar surface area (TPSA) is 19.4 Å². The molecular formula is C12H21N3S2. The highest BCUT2D eigenvalue weighted by Gasteiger charge is 2.20. The maximum absolute atomic E-state index is 4.81. The van der Waals surface area contributed by atoms with Crippen molar-refractivity contribution < 1.29 is 0 Å². The maximum atomic E-state index is 4.81. The molecule has 0 amide bonds. The fraction of sp³-hybridized carbons (Fsp3) is 0.750. The highest BCUT2D eigenvalue weighted by Crippen LogP contribution is 2.32. The average molecular weight is 271 g/mol. The minimum absolute atomic E-state index is 0.495. The Bertz CT molecular complexity index is 368. The summed E-state index contributed by atoms with van der Waals surface area (Å²) in [4.78, 5) is 10.9. The molecule has 2 heterocycles. The molecule has 5 heteroatoms. The fourth-order valence-electron chi connectivity index (χ4n) is 2.05. The van der Waals surface area contributed by atoms with Gasteiger partial charge in [0.05, 0.1) is 5.69 Å². The Hall–Kier alpha value is -0.260. The summed E-state index contributed by atoms with van der Waals surface area (Å²) in [5.74, 6) is 1.30. The number of rotatable bonds is 3. The molecule has 96 valence electrons. The summed E-state index contributed by atoms with van der Waals surface area (Å²) in [5.41, 5.74) is 1.24. The molecule has 1 aliphatic rings. The van der Waals surface area contributed by atoms with Crippen LogP contribution in [0.25, 0.3) is 0 Å². The maximum Gasteiger partial charge on any atom is 0.185 e. The summed E-state index contributed by atoms with van der Waals surface area (Å²) in [5, 5.41) is 1.19. The molecule has 0 saturated carbocycles. The van der Waals surface area contributed by atoms with E-state index in [1.807, 2.05) is 11.3 Å². The SMILES string of the molecule is CC(C)c1nc(N2CCN(C)CC2)sc1CS. The van der Waals surface area contributed by atoms with Gasteiger partial charge in [-0.05, 0) is 13.0 Å². The number of hydrogen-bond acceptors (Lipinski definition) is 5. The van der Waals surface area contributed by atoms with Gasteiger partial charge in [0.15, 0.2) is 5.13 Å². The number of thiazole rings is 1. The zero-order chi connectivity index (χ0) is 12.4. The van der Waals surface area contributed by atoms with Gasteiger partial charge in [0.1, 0.15) is 0 Å². The van der Waals surface area contributed by atoms with Gasteiger partial charge >= 0.3 is 0 Å². The second-order valence-corrected chi connectivity index (χ2v) is 6.29. The molecule has 0 unspecified atom stereocenters. The van der Waals surface area contributed by atoms with Crippen LogP contribution in [-0.4, -0.2) is 43.1 Å². The second-order valence-electron chi connectivity index (χ2n) is 4.91. The predicted octanol–water partition coefficient (Wildman–Crippen LogP) is 2.45. The van der Waals surface area contributed by atoms with Crippen LogP contribution in [0.2, 0.25) is 0 Å². The van der Waals surface area contributed by atoms with E-state index in [1.54, 1.807) is 0 Å². The summed E-state index contributed by atoms with van der Waals surface area (Å²) in [6, 6.07) is 0. The molecule has 1 aromatic rings. The monoisotopic (exact) mass is 271 g/mol.